The summed E-state index contributed by atoms with van der Waals surface area (Å²) < 4.78 is 0. The third-order valence-electron chi connectivity index (χ3n) is 10.0. The third kappa shape index (κ3) is 10.8. The van der Waals surface area contributed by atoms with Gasteiger partial charge in [0, 0.05) is 32.6 Å². The lowest BCUT2D eigenvalue weighted by Gasteiger charge is -2.38. The van der Waals surface area contributed by atoms with Crippen LogP contribution in [0.2, 0.25) is 0 Å². The number of rotatable bonds is 16. The number of likely N-dealkylation sites (tertiary alicyclic amines) is 2. The average Bonchev–Trinajstić information content (AvgIpc) is 3.74. The minimum Gasteiger partial charge on any atom is -0.346 e. The number of nitrogens with one attached hydrogen (secondary N) is 4. The Balaban J connectivity index is 1.79. The van der Waals surface area contributed by atoms with Crippen molar-refractivity contribution in [2.45, 2.75) is 124 Å². The highest BCUT2D eigenvalue weighted by Crippen LogP contribution is 2.35. The van der Waals surface area contributed by atoms with Crippen LogP contribution in [0.15, 0.2) is 12.7 Å². The Bertz CT molecular complexity index is 1190. The topological polar surface area (TPSA) is 157 Å². The van der Waals surface area contributed by atoms with E-state index in [0.717, 1.165) is 32.1 Å². The molecule has 1 unspecified atom stereocenters. The largest absolute Gasteiger partial charge is 0.346 e. The maximum atomic E-state index is 14.4. The van der Waals surface area contributed by atoms with Crippen molar-refractivity contribution in [1.82, 2.24) is 31.1 Å². The molecule has 0 aromatic rings. The van der Waals surface area contributed by atoms with Crippen molar-refractivity contribution in [3.05, 3.63) is 12.7 Å². The van der Waals surface area contributed by atoms with Crippen molar-refractivity contribution < 1.29 is 28.8 Å². The van der Waals surface area contributed by atoms with Gasteiger partial charge in [0.2, 0.25) is 23.5 Å². The summed E-state index contributed by atoms with van der Waals surface area (Å²) in [6, 6.07) is -3.65. The lowest BCUT2D eigenvalue weighted by atomic mass is 9.84. The first-order chi connectivity index (χ1) is 22.5. The number of amides is 6. The van der Waals surface area contributed by atoms with Crippen molar-refractivity contribution in [2.24, 2.45) is 29.1 Å². The number of urea groups is 1. The van der Waals surface area contributed by atoms with Gasteiger partial charge in [0.15, 0.2) is 0 Å². The molecule has 6 amide bonds. The molecular weight excluding hydrogens is 612 g/mol. The molecule has 3 rings (SSSR count). The SMILES string of the molecule is C=CCNC(=O)C(=O)C(CCC1CC1)NC(=O)[C@@H]1[C@@H](C(C)C)CCN1C(=O)[C@@H](NC(=O)N[C@H](CN1CCCCC1=O)C(C)C)C(C)(C)C. The highest BCUT2D eigenvalue weighted by Gasteiger charge is 2.48. The molecule has 3 fully saturated rings. The molecule has 5 atom stereocenters. The smallest absolute Gasteiger partial charge is 0.315 e. The van der Waals surface area contributed by atoms with Crippen molar-refractivity contribution >= 4 is 35.4 Å². The molecule has 0 aromatic carbocycles. The van der Waals surface area contributed by atoms with Crippen molar-refractivity contribution in [1.29, 1.82) is 0 Å². The van der Waals surface area contributed by atoms with Crippen LogP contribution in [0.25, 0.3) is 0 Å². The minimum atomic E-state index is -1.00. The van der Waals surface area contributed by atoms with Crippen LogP contribution in [-0.4, -0.2) is 95.6 Å². The van der Waals surface area contributed by atoms with Gasteiger partial charge in [-0.1, -0.05) is 67.4 Å². The summed E-state index contributed by atoms with van der Waals surface area (Å²) in [7, 11) is 0. The van der Waals surface area contributed by atoms with Crippen molar-refractivity contribution in [3.63, 3.8) is 0 Å². The number of hydrogen-bond donors (Lipinski definition) is 4. The number of hydrogen-bond acceptors (Lipinski definition) is 6. The molecule has 270 valence electrons. The monoisotopic (exact) mass is 672 g/mol. The average molecular weight is 673 g/mol. The van der Waals surface area contributed by atoms with Gasteiger partial charge >= 0.3 is 6.03 Å². The van der Waals surface area contributed by atoms with Crippen LogP contribution < -0.4 is 21.3 Å². The summed E-state index contributed by atoms with van der Waals surface area (Å²) in [6.07, 6.45) is 7.60. The Morgan fingerprint density at radius 2 is 1.65 bits per heavy atom. The molecule has 0 bridgehead atoms. The van der Waals surface area contributed by atoms with Crippen LogP contribution in [0.1, 0.15) is 99.8 Å². The van der Waals surface area contributed by atoms with E-state index in [2.05, 4.69) is 27.8 Å². The van der Waals surface area contributed by atoms with Crippen LogP contribution in [0, 0.1) is 29.1 Å². The fourth-order valence-electron chi connectivity index (χ4n) is 6.71. The summed E-state index contributed by atoms with van der Waals surface area (Å²) in [5.41, 5.74) is -0.701. The molecule has 2 aliphatic heterocycles. The second-order valence-corrected chi connectivity index (χ2v) is 15.7. The highest BCUT2D eigenvalue weighted by molar-refractivity contribution is 6.38. The quantitative estimate of drug-likeness (QED) is 0.146. The Morgan fingerprint density at radius 1 is 0.958 bits per heavy atom. The first-order valence-corrected chi connectivity index (χ1v) is 17.9. The summed E-state index contributed by atoms with van der Waals surface area (Å²) in [6.45, 7) is 18.7. The third-order valence-corrected chi connectivity index (χ3v) is 10.0. The van der Waals surface area contributed by atoms with E-state index < -0.39 is 47.2 Å². The van der Waals surface area contributed by atoms with Gasteiger partial charge in [0.1, 0.15) is 12.1 Å². The summed E-state index contributed by atoms with van der Waals surface area (Å²) in [5.74, 6) is -1.82. The molecular formula is C36H60N6O6. The maximum Gasteiger partial charge on any atom is 0.315 e. The van der Waals surface area contributed by atoms with E-state index in [1.807, 2.05) is 48.5 Å². The molecule has 3 aliphatic rings. The molecule has 2 heterocycles. The van der Waals surface area contributed by atoms with Gasteiger partial charge in [0.25, 0.3) is 5.91 Å². The molecule has 2 saturated heterocycles. The summed E-state index contributed by atoms with van der Waals surface area (Å²) in [4.78, 5) is 83.5. The van der Waals surface area contributed by atoms with E-state index in [0.29, 0.717) is 44.8 Å². The van der Waals surface area contributed by atoms with E-state index in [-0.39, 0.29) is 42.2 Å². The molecule has 12 heteroatoms. The molecule has 48 heavy (non-hydrogen) atoms. The van der Waals surface area contributed by atoms with Crippen LogP contribution in [0.4, 0.5) is 4.79 Å². The second-order valence-electron chi connectivity index (χ2n) is 15.7. The summed E-state index contributed by atoms with van der Waals surface area (Å²) in [5, 5.41) is 11.3. The first-order valence-electron chi connectivity index (χ1n) is 17.9. The standard InChI is InChI=1S/C36H60N6O6/c1-9-18-37-33(46)30(44)26(16-15-24-13-14-24)38-32(45)29-25(22(2)3)17-20-42(29)34(47)31(36(6,7)8)40-35(48)39-27(23(4)5)21-41-19-11-10-12-28(41)43/h9,22-27,29,31H,1,10-21H2,2-8H3,(H,37,46)(H,38,45)(H2,39,40,48)/t25-,26?,27-,29+,31-/m1/s1. The molecule has 0 radical (unpaired) electrons. The molecule has 12 nitrogen and oxygen atoms in total. The Kier molecular flexibility index (Phi) is 14.0. The Morgan fingerprint density at radius 3 is 2.21 bits per heavy atom. The Labute approximate surface area is 286 Å². The molecule has 1 aliphatic carbocycles. The van der Waals surface area contributed by atoms with Crippen LogP contribution >= 0.6 is 0 Å². The zero-order chi connectivity index (χ0) is 35.8. The van der Waals surface area contributed by atoms with Gasteiger partial charge in [-0.3, -0.25) is 24.0 Å². The molecule has 0 aromatic heterocycles. The number of carbonyl (C=O) groups is 6. The predicted molar refractivity (Wildman–Crippen MR) is 185 cm³/mol. The zero-order valence-electron chi connectivity index (χ0n) is 30.2. The number of piperidine rings is 1. The minimum absolute atomic E-state index is 0.0437. The normalized spacial score (nSPS) is 21.8. The van der Waals surface area contributed by atoms with E-state index in [9.17, 15) is 28.8 Å². The highest BCUT2D eigenvalue weighted by atomic mass is 16.2. The number of nitrogens with zero attached hydrogens (tertiary/aromatic N) is 2. The maximum absolute atomic E-state index is 14.4. The van der Waals surface area contributed by atoms with Crippen LogP contribution in [0.5, 0.6) is 0 Å². The van der Waals surface area contributed by atoms with Gasteiger partial charge in [-0.25, -0.2) is 4.79 Å². The Hall–Kier alpha value is -3.44. The fraction of sp³-hybridized carbons (Fsp3) is 0.778. The van der Waals surface area contributed by atoms with E-state index in [4.69, 9.17) is 0 Å². The van der Waals surface area contributed by atoms with E-state index in [1.165, 1.54) is 6.08 Å². The summed E-state index contributed by atoms with van der Waals surface area (Å²) >= 11 is 0. The molecule has 4 N–H and O–H groups in total. The number of Topliss-reactive ketones (excluding diaryl/α,β-unsaturated/α-hetero) is 1. The molecule has 0 spiro atoms. The van der Waals surface area contributed by atoms with Gasteiger partial charge in [-0.05, 0) is 61.2 Å². The van der Waals surface area contributed by atoms with Gasteiger partial charge in [-0.2, -0.15) is 0 Å². The van der Waals surface area contributed by atoms with Gasteiger partial charge in [-0.15, -0.1) is 6.58 Å². The zero-order valence-corrected chi connectivity index (χ0v) is 30.2. The van der Waals surface area contributed by atoms with Gasteiger partial charge in [0.05, 0.1) is 12.1 Å². The van der Waals surface area contributed by atoms with Crippen molar-refractivity contribution in [2.75, 3.05) is 26.2 Å². The lowest BCUT2D eigenvalue weighted by molar-refractivity contribution is -0.144. The number of ketones is 1. The van der Waals surface area contributed by atoms with E-state index >= 15 is 0 Å². The number of carbonyl (C=O) groups excluding carboxylic acids is 6. The van der Waals surface area contributed by atoms with Crippen LogP contribution in [-0.2, 0) is 24.0 Å². The first kappa shape index (κ1) is 39.0. The van der Waals surface area contributed by atoms with Gasteiger partial charge < -0.3 is 31.1 Å². The van der Waals surface area contributed by atoms with Crippen molar-refractivity contribution in [3.8, 4) is 0 Å². The predicted octanol–water partition coefficient (Wildman–Crippen LogP) is 3.16. The van der Waals surface area contributed by atoms with Crippen LogP contribution in [0.3, 0.4) is 0 Å². The fourth-order valence-corrected chi connectivity index (χ4v) is 6.71. The lowest BCUT2D eigenvalue weighted by Crippen LogP contribution is -2.62. The second kappa shape index (κ2) is 17.3. The molecule has 1 saturated carbocycles. The van der Waals surface area contributed by atoms with E-state index in [1.54, 1.807) is 9.80 Å².